The first-order chi connectivity index (χ1) is 8.13. The Morgan fingerprint density at radius 3 is 2.59 bits per heavy atom. The smallest absolute Gasteiger partial charge is 0.159 e. The Balaban J connectivity index is 3.15. The molecule has 96 valence electrons. The molecule has 0 amide bonds. The minimum atomic E-state index is -0.142. The Hall–Kier alpha value is -0.720. The molecule has 17 heavy (non-hydrogen) atoms. The van der Waals surface area contributed by atoms with Crippen molar-refractivity contribution in [3.63, 3.8) is 0 Å². The summed E-state index contributed by atoms with van der Waals surface area (Å²) in [6, 6.07) is 0. The maximum atomic E-state index is 5.23. The quantitative estimate of drug-likeness (QED) is 0.875. The first kappa shape index (κ1) is 14.3. The van der Waals surface area contributed by atoms with Gasteiger partial charge in [0.2, 0.25) is 0 Å². The van der Waals surface area contributed by atoms with Gasteiger partial charge in [-0.2, -0.15) is 0 Å². The molecule has 0 fully saturated rings. The number of nitrogens with one attached hydrogen (secondary N) is 1. The lowest BCUT2D eigenvalue weighted by atomic mass is 10.3. The van der Waals surface area contributed by atoms with E-state index in [1.54, 1.807) is 14.2 Å². The molecular formula is C11H18BrN3O2. The van der Waals surface area contributed by atoms with Crippen molar-refractivity contribution in [1.29, 1.82) is 0 Å². The topological polar surface area (TPSA) is 56.3 Å². The van der Waals surface area contributed by atoms with Crippen LogP contribution in [0.5, 0.6) is 0 Å². The summed E-state index contributed by atoms with van der Waals surface area (Å²) >= 11 is 3.48. The van der Waals surface area contributed by atoms with Crippen LogP contribution in [0.4, 0.5) is 5.82 Å². The molecule has 5 nitrogen and oxygen atoms in total. The fraction of sp³-hybridized carbons (Fsp3) is 0.636. The monoisotopic (exact) mass is 303 g/mol. The summed E-state index contributed by atoms with van der Waals surface area (Å²) in [5.41, 5.74) is 0.817. The number of methoxy groups -OCH3 is 2. The molecule has 0 radical (unpaired) electrons. The van der Waals surface area contributed by atoms with Crippen LogP contribution in [0.25, 0.3) is 0 Å². The third-order valence-corrected chi connectivity index (χ3v) is 3.11. The number of hydrogen-bond donors (Lipinski definition) is 1. The normalized spacial score (nSPS) is 12.5. The van der Waals surface area contributed by atoms with Gasteiger partial charge in [0.15, 0.2) is 5.82 Å². The maximum Gasteiger partial charge on any atom is 0.159 e. The lowest BCUT2D eigenvalue weighted by molar-refractivity contribution is 0.111. The Kier molecular flexibility index (Phi) is 5.80. The highest BCUT2D eigenvalue weighted by atomic mass is 79.9. The van der Waals surface area contributed by atoms with Crippen molar-refractivity contribution in [2.45, 2.75) is 26.6 Å². The zero-order valence-corrected chi connectivity index (χ0v) is 12.2. The predicted octanol–water partition coefficient (Wildman–Crippen LogP) is 2.52. The van der Waals surface area contributed by atoms with E-state index in [2.05, 4.69) is 31.2 Å². The van der Waals surface area contributed by atoms with Crippen LogP contribution in [-0.4, -0.2) is 30.7 Å². The third-order valence-electron chi connectivity index (χ3n) is 2.28. The Labute approximate surface area is 110 Å². The van der Waals surface area contributed by atoms with E-state index in [9.17, 15) is 0 Å². The number of aromatic nitrogens is 2. The summed E-state index contributed by atoms with van der Waals surface area (Å²) < 4.78 is 11.2. The van der Waals surface area contributed by atoms with E-state index in [-0.39, 0.29) is 6.10 Å². The summed E-state index contributed by atoms with van der Waals surface area (Å²) in [6.45, 7) is 5.16. The van der Waals surface area contributed by atoms with Crippen LogP contribution < -0.4 is 5.32 Å². The van der Waals surface area contributed by atoms with E-state index in [0.717, 1.165) is 22.5 Å². The molecule has 0 spiro atoms. The highest BCUT2D eigenvalue weighted by molar-refractivity contribution is 9.10. The third kappa shape index (κ3) is 3.62. The van der Waals surface area contributed by atoms with Gasteiger partial charge in [0, 0.05) is 20.8 Å². The molecule has 0 aliphatic heterocycles. The summed E-state index contributed by atoms with van der Waals surface area (Å²) in [7, 11) is 3.28. The molecule has 0 saturated carbocycles. The summed E-state index contributed by atoms with van der Waals surface area (Å²) in [4.78, 5) is 8.85. The van der Waals surface area contributed by atoms with Crippen molar-refractivity contribution < 1.29 is 9.47 Å². The van der Waals surface area contributed by atoms with Crippen LogP contribution >= 0.6 is 15.9 Å². The van der Waals surface area contributed by atoms with Gasteiger partial charge in [0.05, 0.1) is 16.8 Å². The number of hydrogen-bond acceptors (Lipinski definition) is 5. The molecule has 0 aromatic carbocycles. The van der Waals surface area contributed by atoms with Crippen LogP contribution in [0, 0.1) is 0 Å². The highest BCUT2D eigenvalue weighted by Crippen LogP contribution is 2.26. The molecule has 1 N–H and O–H groups in total. The molecule has 0 saturated heterocycles. The van der Waals surface area contributed by atoms with Crippen LogP contribution in [0.2, 0.25) is 0 Å². The fourth-order valence-corrected chi connectivity index (χ4v) is 1.75. The van der Waals surface area contributed by atoms with Crippen molar-refractivity contribution in [2.75, 3.05) is 26.1 Å². The summed E-state index contributed by atoms with van der Waals surface area (Å²) in [5, 5.41) is 3.18. The molecule has 0 aliphatic rings. The van der Waals surface area contributed by atoms with Gasteiger partial charge in [-0.3, -0.25) is 0 Å². The first-order valence-corrected chi connectivity index (χ1v) is 6.25. The van der Waals surface area contributed by atoms with Crippen molar-refractivity contribution >= 4 is 21.7 Å². The van der Waals surface area contributed by atoms with Crippen molar-refractivity contribution in [3.8, 4) is 0 Å². The van der Waals surface area contributed by atoms with Gasteiger partial charge in [-0.05, 0) is 29.8 Å². The van der Waals surface area contributed by atoms with Crippen LogP contribution in [0.1, 0.15) is 31.5 Å². The van der Waals surface area contributed by atoms with Crippen LogP contribution in [0.3, 0.4) is 0 Å². The molecule has 1 unspecified atom stereocenters. The van der Waals surface area contributed by atoms with Crippen molar-refractivity contribution in [1.82, 2.24) is 9.97 Å². The van der Waals surface area contributed by atoms with E-state index in [4.69, 9.17) is 9.47 Å². The summed E-state index contributed by atoms with van der Waals surface area (Å²) in [5.74, 6) is 1.42. The molecule has 1 rings (SSSR count). The second kappa shape index (κ2) is 6.88. The van der Waals surface area contributed by atoms with Crippen LogP contribution in [-0.2, 0) is 16.1 Å². The van der Waals surface area contributed by atoms with Gasteiger partial charge in [0.1, 0.15) is 11.9 Å². The van der Waals surface area contributed by atoms with Gasteiger partial charge in [0.25, 0.3) is 0 Å². The van der Waals surface area contributed by atoms with E-state index in [0.29, 0.717) is 12.4 Å². The second-order valence-electron chi connectivity index (χ2n) is 3.53. The molecule has 1 atom stereocenters. The minimum absolute atomic E-state index is 0.142. The second-order valence-corrected chi connectivity index (χ2v) is 4.33. The van der Waals surface area contributed by atoms with Crippen molar-refractivity contribution in [3.05, 3.63) is 16.0 Å². The first-order valence-electron chi connectivity index (χ1n) is 5.45. The Morgan fingerprint density at radius 2 is 2.06 bits per heavy atom. The number of halogens is 1. The predicted molar refractivity (Wildman–Crippen MR) is 70.0 cm³/mol. The highest BCUT2D eigenvalue weighted by Gasteiger charge is 2.15. The van der Waals surface area contributed by atoms with Gasteiger partial charge in [-0.1, -0.05) is 0 Å². The largest absolute Gasteiger partial charge is 0.378 e. The lowest BCUT2D eigenvalue weighted by Gasteiger charge is -2.14. The van der Waals surface area contributed by atoms with Gasteiger partial charge < -0.3 is 14.8 Å². The van der Waals surface area contributed by atoms with Crippen molar-refractivity contribution in [2.24, 2.45) is 0 Å². The maximum absolute atomic E-state index is 5.23. The summed E-state index contributed by atoms with van der Waals surface area (Å²) in [6.07, 6.45) is -0.142. The molecule has 0 bridgehead atoms. The number of rotatable bonds is 6. The zero-order chi connectivity index (χ0) is 12.8. The van der Waals surface area contributed by atoms with Gasteiger partial charge >= 0.3 is 0 Å². The SMILES string of the molecule is CCNc1nc(C(C)OC)nc(COC)c1Br. The van der Waals surface area contributed by atoms with Crippen LogP contribution in [0.15, 0.2) is 4.47 Å². The molecule has 0 aliphatic carbocycles. The molecule has 1 heterocycles. The van der Waals surface area contributed by atoms with E-state index in [1.807, 2.05) is 13.8 Å². The molecule has 6 heteroatoms. The average molecular weight is 304 g/mol. The van der Waals surface area contributed by atoms with E-state index < -0.39 is 0 Å². The number of ether oxygens (including phenoxy) is 2. The molecule has 1 aromatic heterocycles. The molecular weight excluding hydrogens is 286 g/mol. The molecule has 1 aromatic rings. The Morgan fingerprint density at radius 1 is 1.35 bits per heavy atom. The number of anilines is 1. The zero-order valence-electron chi connectivity index (χ0n) is 10.6. The standard InChI is InChI=1S/C11H18BrN3O2/c1-5-13-11-9(12)8(6-16-3)14-10(15-11)7(2)17-4/h7H,5-6H2,1-4H3,(H,13,14,15). The van der Waals surface area contributed by atoms with Gasteiger partial charge in [-0.15, -0.1) is 0 Å². The minimum Gasteiger partial charge on any atom is -0.378 e. The van der Waals surface area contributed by atoms with Gasteiger partial charge in [-0.25, -0.2) is 9.97 Å². The van der Waals surface area contributed by atoms with E-state index in [1.165, 1.54) is 0 Å². The van der Waals surface area contributed by atoms with E-state index >= 15 is 0 Å². The fourth-order valence-electron chi connectivity index (χ4n) is 1.32. The Bertz CT molecular complexity index is 347. The lowest BCUT2D eigenvalue weighted by Crippen LogP contribution is -2.11. The number of nitrogens with zero attached hydrogens (tertiary/aromatic N) is 2. The average Bonchev–Trinajstić information content (AvgIpc) is 2.33.